The fourth-order valence-electron chi connectivity index (χ4n) is 1.78. The summed E-state index contributed by atoms with van der Waals surface area (Å²) in [6.45, 7) is 5.95. The number of carbonyl (C=O) groups excluding carboxylic acids is 3. The van der Waals surface area contributed by atoms with Crippen molar-refractivity contribution in [2.75, 3.05) is 13.2 Å². The van der Waals surface area contributed by atoms with E-state index in [9.17, 15) is 14.4 Å². The Morgan fingerprint density at radius 2 is 1.60 bits per heavy atom. The molecule has 0 aromatic heterocycles. The molecule has 0 unspecified atom stereocenters. The maximum Gasteiger partial charge on any atom is 0.306 e. The lowest BCUT2D eigenvalue weighted by molar-refractivity contribution is -0.144. The van der Waals surface area contributed by atoms with Crippen LogP contribution in [0, 0.1) is 0 Å². The van der Waals surface area contributed by atoms with Gasteiger partial charge in [0.2, 0.25) is 5.91 Å². The van der Waals surface area contributed by atoms with Gasteiger partial charge < -0.3 is 14.2 Å². The molecule has 0 fully saturated rings. The molecule has 1 aromatic carbocycles. The van der Waals surface area contributed by atoms with Gasteiger partial charge >= 0.3 is 5.97 Å². The van der Waals surface area contributed by atoms with Gasteiger partial charge in [0.25, 0.3) is 5.91 Å². The van der Waals surface area contributed by atoms with Gasteiger partial charge in [0.15, 0.2) is 6.10 Å². The van der Waals surface area contributed by atoms with Gasteiger partial charge in [-0.05, 0) is 45.0 Å². The molecule has 2 amide bonds. The predicted octanol–water partition coefficient (Wildman–Crippen LogP) is 1.34. The van der Waals surface area contributed by atoms with Gasteiger partial charge in [0.1, 0.15) is 11.5 Å². The van der Waals surface area contributed by atoms with Gasteiger partial charge in [0, 0.05) is 6.42 Å². The maximum atomic E-state index is 11.9. The van der Waals surface area contributed by atoms with E-state index < -0.39 is 23.9 Å². The first-order valence-corrected chi connectivity index (χ1v) is 8.10. The van der Waals surface area contributed by atoms with Crippen LogP contribution in [0.2, 0.25) is 0 Å². The second kappa shape index (κ2) is 10.9. The average molecular weight is 352 g/mol. The number of carbonyl (C=O) groups is 3. The first kappa shape index (κ1) is 20.3. The number of amides is 2. The van der Waals surface area contributed by atoms with Crippen molar-refractivity contribution in [1.29, 1.82) is 0 Å². The molecule has 0 spiro atoms. The second-order valence-electron chi connectivity index (χ2n) is 5.01. The zero-order valence-electron chi connectivity index (χ0n) is 14.7. The Bertz CT molecular complexity index is 573. The number of hydrogen-bond acceptors (Lipinski definition) is 6. The summed E-state index contributed by atoms with van der Waals surface area (Å²) in [5, 5.41) is 0. The zero-order chi connectivity index (χ0) is 18.7. The van der Waals surface area contributed by atoms with Crippen LogP contribution in [0.1, 0.15) is 33.6 Å². The summed E-state index contributed by atoms with van der Waals surface area (Å²) in [5.74, 6) is -0.259. The van der Waals surface area contributed by atoms with Crippen molar-refractivity contribution < 1.29 is 28.6 Å². The van der Waals surface area contributed by atoms with E-state index in [2.05, 4.69) is 10.9 Å². The number of benzene rings is 1. The monoisotopic (exact) mass is 352 g/mol. The Morgan fingerprint density at radius 1 is 0.960 bits per heavy atom. The lowest BCUT2D eigenvalue weighted by Gasteiger charge is -2.15. The molecule has 0 aliphatic rings. The highest BCUT2D eigenvalue weighted by atomic mass is 16.5. The van der Waals surface area contributed by atoms with Crippen molar-refractivity contribution in [3.8, 4) is 11.5 Å². The quantitative estimate of drug-likeness (QED) is 0.514. The van der Waals surface area contributed by atoms with Crippen molar-refractivity contribution in [3.63, 3.8) is 0 Å². The summed E-state index contributed by atoms with van der Waals surface area (Å²) in [6, 6.07) is 6.85. The lowest BCUT2D eigenvalue weighted by atomic mass is 10.3. The van der Waals surface area contributed by atoms with Gasteiger partial charge in [-0.2, -0.15) is 0 Å². The van der Waals surface area contributed by atoms with Crippen molar-refractivity contribution in [1.82, 2.24) is 10.9 Å². The first-order chi connectivity index (χ1) is 12.0. The molecule has 0 radical (unpaired) electrons. The van der Waals surface area contributed by atoms with Crippen LogP contribution in [-0.4, -0.2) is 37.1 Å². The molecule has 2 N–H and O–H groups in total. The van der Waals surface area contributed by atoms with E-state index in [1.807, 2.05) is 6.92 Å². The Labute approximate surface area is 146 Å². The largest absolute Gasteiger partial charge is 0.494 e. The van der Waals surface area contributed by atoms with E-state index in [0.717, 1.165) is 0 Å². The molecule has 0 heterocycles. The summed E-state index contributed by atoms with van der Waals surface area (Å²) in [6.07, 6.45) is -0.940. The van der Waals surface area contributed by atoms with Crippen LogP contribution in [0.4, 0.5) is 0 Å². The van der Waals surface area contributed by atoms with E-state index in [-0.39, 0.29) is 19.4 Å². The smallest absolute Gasteiger partial charge is 0.306 e. The molecule has 1 atom stereocenters. The van der Waals surface area contributed by atoms with Crippen LogP contribution in [0.5, 0.6) is 11.5 Å². The molecule has 0 aliphatic heterocycles. The molecule has 0 bridgehead atoms. The Morgan fingerprint density at radius 3 is 2.20 bits per heavy atom. The summed E-state index contributed by atoms with van der Waals surface area (Å²) in [4.78, 5) is 34.6. The van der Waals surface area contributed by atoms with Gasteiger partial charge in [0.05, 0.1) is 19.6 Å². The number of ether oxygens (including phenoxy) is 3. The van der Waals surface area contributed by atoms with Gasteiger partial charge in [-0.1, -0.05) is 0 Å². The molecule has 1 aromatic rings. The van der Waals surface area contributed by atoms with Gasteiger partial charge in [-0.25, -0.2) is 0 Å². The third kappa shape index (κ3) is 8.05. The fourth-order valence-corrected chi connectivity index (χ4v) is 1.78. The molecule has 0 saturated carbocycles. The van der Waals surface area contributed by atoms with E-state index >= 15 is 0 Å². The molecule has 0 aliphatic carbocycles. The van der Waals surface area contributed by atoms with Crippen LogP contribution < -0.4 is 20.3 Å². The standard InChI is InChI=1S/C17H24N2O6/c1-4-23-13-6-8-14(9-7-13)25-12(3)17(22)19-18-15(20)10-11-16(21)24-5-2/h6-9,12H,4-5,10-11H2,1-3H3,(H,18,20)(H,19,22)/t12-/m1/s1. The normalized spacial score (nSPS) is 11.2. The van der Waals surface area contributed by atoms with Gasteiger partial charge in [-0.15, -0.1) is 0 Å². The Balaban J connectivity index is 2.33. The average Bonchev–Trinajstić information content (AvgIpc) is 2.60. The summed E-state index contributed by atoms with van der Waals surface area (Å²) < 4.78 is 15.5. The number of rotatable bonds is 9. The Kier molecular flexibility index (Phi) is 8.84. The Hall–Kier alpha value is -2.77. The van der Waals surface area contributed by atoms with Crippen molar-refractivity contribution >= 4 is 17.8 Å². The minimum absolute atomic E-state index is 0.0478. The van der Waals surface area contributed by atoms with E-state index in [0.29, 0.717) is 18.1 Å². The van der Waals surface area contributed by atoms with E-state index in [4.69, 9.17) is 14.2 Å². The number of esters is 1. The first-order valence-electron chi connectivity index (χ1n) is 8.10. The third-order valence-electron chi connectivity index (χ3n) is 3.00. The topological polar surface area (TPSA) is 103 Å². The van der Waals surface area contributed by atoms with Crippen molar-refractivity contribution in [2.24, 2.45) is 0 Å². The summed E-state index contributed by atoms with van der Waals surface area (Å²) >= 11 is 0. The molecular weight excluding hydrogens is 328 g/mol. The lowest BCUT2D eigenvalue weighted by Crippen LogP contribution is -2.47. The minimum Gasteiger partial charge on any atom is -0.494 e. The highest BCUT2D eigenvalue weighted by Gasteiger charge is 2.16. The molecule has 8 heteroatoms. The van der Waals surface area contributed by atoms with Crippen LogP contribution in [0.25, 0.3) is 0 Å². The summed E-state index contributed by atoms with van der Waals surface area (Å²) in [5.41, 5.74) is 4.48. The second-order valence-corrected chi connectivity index (χ2v) is 5.01. The molecule has 1 rings (SSSR count). The SMILES string of the molecule is CCOC(=O)CCC(=O)NNC(=O)[C@@H](C)Oc1ccc(OCC)cc1. The van der Waals surface area contributed by atoms with Crippen LogP contribution in [0.15, 0.2) is 24.3 Å². The van der Waals surface area contributed by atoms with Crippen LogP contribution in [0.3, 0.4) is 0 Å². The number of hydrazine groups is 1. The molecular formula is C17H24N2O6. The van der Waals surface area contributed by atoms with Crippen molar-refractivity contribution in [2.45, 2.75) is 39.7 Å². The maximum absolute atomic E-state index is 11.9. The summed E-state index contributed by atoms with van der Waals surface area (Å²) in [7, 11) is 0. The molecule has 138 valence electrons. The molecule has 0 saturated heterocycles. The van der Waals surface area contributed by atoms with Crippen molar-refractivity contribution in [3.05, 3.63) is 24.3 Å². The number of hydrogen-bond donors (Lipinski definition) is 2. The third-order valence-corrected chi connectivity index (χ3v) is 3.00. The van der Waals surface area contributed by atoms with Gasteiger partial charge in [-0.3, -0.25) is 25.2 Å². The van der Waals surface area contributed by atoms with E-state index in [1.165, 1.54) is 0 Å². The fraction of sp³-hybridized carbons (Fsp3) is 0.471. The minimum atomic E-state index is -0.816. The highest BCUT2D eigenvalue weighted by molar-refractivity contribution is 5.86. The van der Waals surface area contributed by atoms with Crippen LogP contribution >= 0.6 is 0 Å². The zero-order valence-corrected chi connectivity index (χ0v) is 14.7. The van der Waals surface area contributed by atoms with E-state index in [1.54, 1.807) is 38.1 Å². The van der Waals surface area contributed by atoms with Crippen LogP contribution in [-0.2, 0) is 19.1 Å². The molecule has 8 nitrogen and oxygen atoms in total. The molecule has 25 heavy (non-hydrogen) atoms. The highest BCUT2D eigenvalue weighted by Crippen LogP contribution is 2.18. The number of nitrogens with one attached hydrogen (secondary N) is 2. The predicted molar refractivity (Wildman–Crippen MR) is 89.9 cm³/mol.